The second-order valence-corrected chi connectivity index (χ2v) is 3.85. The Balaban J connectivity index is 2.69. The number of imidazole rings is 1. The summed E-state index contributed by atoms with van der Waals surface area (Å²) in [6, 6.07) is 3.23. The molecule has 18 heavy (non-hydrogen) atoms. The predicted molar refractivity (Wildman–Crippen MR) is 60.3 cm³/mol. The molecule has 0 aliphatic rings. The van der Waals surface area contributed by atoms with E-state index >= 15 is 0 Å². The Morgan fingerprint density at radius 3 is 2.56 bits per heavy atom. The SMILES string of the molecule is Cc1nc(C(=O)O)c(-c2ccc(F)c(F)c2)n1C. The first-order chi connectivity index (χ1) is 8.41. The quantitative estimate of drug-likeness (QED) is 0.892. The Bertz CT molecular complexity index is 635. The summed E-state index contributed by atoms with van der Waals surface area (Å²) in [6.45, 7) is 1.63. The molecule has 1 heterocycles. The van der Waals surface area contributed by atoms with Gasteiger partial charge in [0.05, 0.1) is 5.69 Å². The number of hydrogen-bond acceptors (Lipinski definition) is 2. The molecule has 0 saturated heterocycles. The molecule has 0 saturated carbocycles. The third kappa shape index (κ3) is 1.85. The van der Waals surface area contributed by atoms with E-state index in [2.05, 4.69) is 4.98 Å². The molecule has 0 radical (unpaired) electrons. The van der Waals surface area contributed by atoms with Crippen LogP contribution in [0.4, 0.5) is 8.78 Å². The second kappa shape index (κ2) is 4.21. The minimum atomic E-state index is -1.21. The smallest absolute Gasteiger partial charge is 0.356 e. The van der Waals surface area contributed by atoms with E-state index in [9.17, 15) is 13.6 Å². The van der Waals surface area contributed by atoms with Crippen LogP contribution in [-0.2, 0) is 7.05 Å². The highest BCUT2D eigenvalue weighted by molar-refractivity contribution is 5.93. The van der Waals surface area contributed by atoms with Crippen molar-refractivity contribution in [2.75, 3.05) is 0 Å². The van der Waals surface area contributed by atoms with Gasteiger partial charge in [0.2, 0.25) is 0 Å². The van der Waals surface area contributed by atoms with Gasteiger partial charge in [-0.05, 0) is 25.1 Å². The minimum Gasteiger partial charge on any atom is -0.476 e. The molecule has 0 fully saturated rings. The lowest BCUT2D eigenvalue weighted by molar-refractivity contribution is 0.0691. The summed E-state index contributed by atoms with van der Waals surface area (Å²) in [5, 5.41) is 9.04. The summed E-state index contributed by atoms with van der Waals surface area (Å²) in [7, 11) is 1.62. The third-order valence-corrected chi connectivity index (χ3v) is 2.71. The topological polar surface area (TPSA) is 55.1 Å². The number of nitrogens with zero attached hydrogens (tertiary/aromatic N) is 2. The molecule has 4 nitrogen and oxygen atoms in total. The van der Waals surface area contributed by atoms with Gasteiger partial charge < -0.3 is 9.67 Å². The average molecular weight is 252 g/mol. The van der Waals surface area contributed by atoms with Gasteiger partial charge in [0.1, 0.15) is 5.82 Å². The van der Waals surface area contributed by atoms with Gasteiger partial charge >= 0.3 is 5.97 Å². The first-order valence-electron chi connectivity index (χ1n) is 5.14. The fraction of sp³-hybridized carbons (Fsp3) is 0.167. The largest absolute Gasteiger partial charge is 0.476 e. The van der Waals surface area contributed by atoms with Crippen molar-refractivity contribution in [3.05, 3.63) is 41.4 Å². The van der Waals surface area contributed by atoms with Crippen molar-refractivity contribution >= 4 is 5.97 Å². The molecule has 0 amide bonds. The number of halogens is 2. The Morgan fingerprint density at radius 2 is 2.00 bits per heavy atom. The molecule has 0 atom stereocenters. The lowest BCUT2D eigenvalue weighted by Crippen LogP contribution is -2.02. The highest BCUT2D eigenvalue weighted by Gasteiger charge is 2.20. The van der Waals surface area contributed by atoms with E-state index in [-0.39, 0.29) is 17.0 Å². The van der Waals surface area contributed by atoms with Gasteiger partial charge in [-0.15, -0.1) is 0 Å². The van der Waals surface area contributed by atoms with Crippen LogP contribution in [0.1, 0.15) is 16.3 Å². The summed E-state index contributed by atoms with van der Waals surface area (Å²) in [5.74, 6) is -2.73. The number of aromatic carboxylic acids is 1. The molecular formula is C12H10F2N2O2. The van der Waals surface area contributed by atoms with Crippen LogP contribution in [0.3, 0.4) is 0 Å². The van der Waals surface area contributed by atoms with Gasteiger partial charge in [-0.25, -0.2) is 18.6 Å². The second-order valence-electron chi connectivity index (χ2n) is 3.85. The average Bonchev–Trinajstić information content (AvgIpc) is 2.60. The highest BCUT2D eigenvalue weighted by atomic mass is 19.2. The lowest BCUT2D eigenvalue weighted by Gasteiger charge is -2.05. The van der Waals surface area contributed by atoms with Crippen LogP contribution in [0, 0.1) is 18.6 Å². The van der Waals surface area contributed by atoms with Crippen molar-refractivity contribution in [3.8, 4) is 11.3 Å². The van der Waals surface area contributed by atoms with E-state index in [0.29, 0.717) is 5.82 Å². The summed E-state index contributed by atoms with van der Waals surface area (Å²) >= 11 is 0. The fourth-order valence-electron chi connectivity index (χ4n) is 1.73. The van der Waals surface area contributed by atoms with E-state index in [4.69, 9.17) is 5.11 Å². The number of rotatable bonds is 2. The van der Waals surface area contributed by atoms with E-state index in [1.165, 1.54) is 10.6 Å². The highest BCUT2D eigenvalue weighted by Crippen LogP contribution is 2.25. The number of aromatic nitrogens is 2. The first kappa shape index (κ1) is 12.2. The Labute approximate surface area is 102 Å². The van der Waals surface area contributed by atoms with Crippen LogP contribution in [0.25, 0.3) is 11.3 Å². The Kier molecular flexibility index (Phi) is 2.86. The molecule has 94 valence electrons. The molecule has 2 aromatic rings. The zero-order valence-electron chi connectivity index (χ0n) is 9.74. The Hall–Kier alpha value is -2.24. The minimum absolute atomic E-state index is 0.180. The summed E-state index contributed by atoms with van der Waals surface area (Å²) in [4.78, 5) is 15.0. The molecule has 2 rings (SSSR count). The number of aryl methyl sites for hydroxylation is 1. The maximum atomic E-state index is 13.2. The van der Waals surface area contributed by atoms with Gasteiger partial charge in [-0.3, -0.25) is 0 Å². The van der Waals surface area contributed by atoms with Gasteiger partial charge in [0.25, 0.3) is 0 Å². The Morgan fingerprint density at radius 1 is 1.33 bits per heavy atom. The number of carbonyl (C=O) groups is 1. The summed E-state index contributed by atoms with van der Waals surface area (Å²) in [6.07, 6.45) is 0. The number of benzene rings is 1. The van der Waals surface area contributed by atoms with Crippen molar-refractivity contribution in [3.63, 3.8) is 0 Å². The standard InChI is InChI=1S/C12H10F2N2O2/c1-6-15-10(12(17)18)11(16(6)2)7-3-4-8(13)9(14)5-7/h3-5H,1-2H3,(H,17,18). The van der Waals surface area contributed by atoms with E-state index in [1.54, 1.807) is 14.0 Å². The van der Waals surface area contributed by atoms with Crippen molar-refractivity contribution in [1.29, 1.82) is 0 Å². The van der Waals surface area contributed by atoms with Gasteiger partial charge in [0, 0.05) is 12.6 Å². The molecule has 0 spiro atoms. The fourth-order valence-corrected chi connectivity index (χ4v) is 1.73. The number of hydrogen-bond donors (Lipinski definition) is 1. The first-order valence-corrected chi connectivity index (χ1v) is 5.14. The summed E-state index contributed by atoms with van der Waals surface area (Å²) < 4.78 is 27.6. The van der Waals surface area contributed by atoms with Gasteiger partial charge in [-0.1, -0.05) is 0 Å². The monoisotopic (exact) mass is 252 g/mol. The normalized spacial score (nSPS) is 10.7. The molecule has 0 aliphatic carbocycles. The van der Waals surface area contributed by atoms with Crippen LogP contribution in [0.15, 0.2) is 18.2 Å². The molecule has 0 unspecified atom stereocenters. The maximum absolute atomic E-state index is 13.2. The molecule has 1 N–H and O–H groups in total. The summed E-state index contributed by atoms with van der Waals surface area (Å²) in [5.41, 5.74) is 0.342. The van der Waals surface area contributed by atoms with Crippen LogP contribution in [-0.4, -0.2) is 20.6 Å². The number of carboxylic acids is 1. The van der Waals surface area contributed by atoms with Crippen molar-refractivity contribution in [2.45, 2.75) is 6.92 Å². The van der Waals surface area contributed by atoms with Crippen molar-refractivity contribution < 1.29 is 18.7 Å². The van der Waals surface area contributed by atoms with Crippen LogP contribution in [0.5, 0.6) is 0 Å². The number of carboxylic acid groups (broad SMARTS) is 1. The molecule has 0 aliphatic heterocycles. The molecule has 0 bridgehead atoms. The zero-order chi connectivity index (χ0) is 13.4. The van der Waals surface area contributed by atoms with Gasteiger partial charge in [-0.2, -0.15) is 0 Å². The molecule has 1 aromatic carbocycles. The van der Waals surface area contributed by atoms with E-state index in [1.807, 2.05) is 0 Å². The maximum Gasteiger partial charge on any atom is 0.356 e. The molecule has 6 heteroatoms. The third-order valence-electron chi connectivity index (χ3n) is 2.71. The van der Waals surface area contributed by atoms with Crippen LogP contribution < -0.4 is 0 Å². The lowest BCUT2D eigenvalue weighted by atomic mass is 10.1. The van der Waals surface area contributed by atoms with Crippen LogP contribution in [0.2, 0.25) is 0 Å². The van der Waals surface area contributed by atoms with E-state index in [0.717, 1.165) is 12.1 Å². The van der Waals surface area contributed by atoms with E-state index < -0.39 is 17.6 Å². The van der Waals surface area contributed by atoms with Crippen molar-refractivity contribution in [2.24, 2.45) is 7.05 Å². The van der Waals surface area contributed by atoms with Gasteiger partial charge in [0.15, 0.2) is 17.3 Å². The zero-order valence-corrected chi connectivity index (χ0v) is 9.74. The predicted octanol–water partition coefficient (Wildman–Crippen LogP) is 2.37. The molecular weight excluding hydrogens is 242 g/mol. The molecule has 1 aromatic heterocycles. The van der Waals surface area contributed by atoms with Crippen molar-refractivity contribution in [1.82, 2.24) is 9.55 Å². The van der Waals surface area contributed by atoms with Crippen LogP contribution >= 0.6 is 0 Å².